The van der Waals surface area contributed by atoms with E-state index in [-0.39, 0.29) is 27.2 Å². The molecule has 0 fully saturated rings. The van der Waals surface area contributed by atoms with Crippen molar-refractivity contribution in [1.82, 2.24) is 14.1 Å². The first kappa shape index (κ1) is 16.1. The smallest absolute Gasteiger partial charge is 0.246 e. The minimum absolute atomic E-state index is 0.00182. The van der Waals surface area contributed by atoms with E-state index in [1.165, 1.54) is 19.2 Å². The molecule has 6 nitrogen and oxygen atoms in total. The van der Waals surface area contributed by atoms with Crippen LogP contribution in [0.3, 0.4) is 0 Å². The van der Waals surface area contributed by atoms with Crippen molar-refractivity contribution in [2.45, 2.75) is 11.4 Å². The van der Waals surface area contributed by atoms with Crippen LogP contribution in [0.2, 0.25) is 10.0 Å². The van der Waals surface area contributed by atoms with E-state index in [2.05, 4.69) is 5.10 Å². The normalized spacial score (nSPS) is 12.0. The Kier molecular flexibility index (Phi) is 4.48. The molecule has 0 unspecified atom stereocenters. The van der Waals surface area contributed by atoms with E-state index in [0.717, 1.165) is 9.87 Å². The summed E-state index contributed by atoms with van der Waals surface area (Å²) in [6.45, 7) is 0.161. The van der Waals surface area contributed by atoms with Crippen molar-refractivity contribution in [3.05, 3.63) is 40.1 Å². The summed E-state index contributed by atoms with van der Waals surface area (Å²) < 4.78 is 27.9. The molecular weight excluding hydrogens is 335 g/mol. The number of nitrogens with two attached hydrogens (primary N) is 1. The molecule has 0 aliphatic heterocycles. The first-order valence-electron chi connectivity index (χ1n) is 5.90. The number of benzene rings is 1. The van der Waals surface area contributed by atoms with Gasteiger partial charge in [0.2, 0.25) is 10.0 Å². The van der Waals surface area contributed by atoms with E-state index in [0.29, 0.717) is 0 Å². The molecule has 0 aliphatic rings. The molecular formula is C12H14Cl2N4O2S. The topological polar surface area (TPSA) is 81.2 Å². The van der Waals surface area contributed by atoms with Crippen LogP contribution in [0.1, 0.15) is 5.56 Å². The number of aryl methyl sites for hydroxylation is 1. The van der Waals surface area contributed by atoms with Crippen LogP contribution >= 0.6 is 23.2 Å². The lowest BCUT2D eigenvalue weighted by Gasteiger charge is -2.18. The van der Waals surface area contributed by atoms with Crippen LogP contribution in [0.5, 0.6) is 0 Å². The summed E-state index contributed by atoms with van der Waals surface area (Å²) >= 11 is 11.8. The molecule has 0 amide bonds. The third-order valence-electron chi connectivity index (χ3n) is 2.87. The van der Waals surface area contributed by atoms with Crippen LogP contribution < -0.4 is 5.73 Å². The maximum absolute atomic E-state index is 12.6. The molecule has 0 saturated carbocycles. The van der Waals surface area contributed by atoms with Gasteiger partial charge in [0.25, 0.3) is 0 Å². The maximum Gasteiger partial charge on any atom is 0.246 e. The molecule has 0 radical (unpaired) electrons. The maximum atomic E-state index is 12.6. The first-order valence-corrected chi connectivity index (χ1v) is 8.10. The van der Waals surface area contributed by atoms with Gasteiger partial charge in [-0.15, -0.1) is 0 Å². The molecule has 1 aromatic carbocycles. The zero-order valence-corrected chi connectivity index (χ0v) is 13.7. The largest absolute Gasteiger partial charge is 0.398 e. The van der Waals surface area contributed by atoms with Crippen LogP contribution in [-0.4, -0.2) is 29.6 Å². The zero-order chi connectivity index (χ0) is 15.8. The third-order valence-corrected chi connectivity index (χ3v) is 5.42. The second-order valence-electron chi connectivity index (χ2n) is 4.59. The van der Waals surface area contributed by atoms with Gasteiger partial charge in [-0.05, 0) is 12.1 Å². The van der Waals surface area contributed by atoms with Crippen molar-refractivity contribution in [3.63, 3.8) is 0 Å². The number of nitrogens with zero attached hydrogens (tertiary/aromatic N) is 3. The summed E-state index contributed by atoms with van der Waals surface area (Å²) in [6, 6.07) is 2.71. The molecule has 9 heteroatoms. The molecule has 2 aromatic rings. The number of hydrogen-bond acceptors (Lipinski definition) is 4. The molecule has 0 saturated heterocycles. The fraction of sp³-hybridized carbons (Fsp3) is 0.250. The predicted octanol–water partition coefficient (Wildman–Crippen LogP) is 2.13. The SMILES string of the molecule is CN(Cc1cnn(C)c1)S(=O)(=O)c1c(N)cc(Cl)cc1Cl. The van der Waals surface area contributed by atoms with E-state index in [9.17, 15) is 8.42 Å². The fourth-order valence-electron chi connectivity index (χ4n) is 1.90. The van der Waals surface area contributed by atoms with Crippen LogP contribution in [0, 0.1) is 0 Å². The van der Waals surface area contributed by atoms with Crippen molar-refractivity contribution < 1.29 is 8.42 Å². The van der Waals surface area contributed by atoms with Crippen LogP contribution in [-0.2, 0) is 23.6 Å². The molecule has 2 rings (SSSR count). The van der Waals surface area contributed by atoms with E-state index in [1.807, 2.05) is 0 Å². The van der Waals surface area contributed by atoms with E-state index >= 15 is 0 Å². The highest BCUT2D eigenvalue weighted by atomic mass is 35.5. The van der Waals surface area contributed by atoms with Gasteiger partial charge in [0, 0.05) is 37.4 Å². The van der Waals surface area contributed by atoms with Gasteiger partial charge in [-0.25, -0.2) is 8.42 Å². The van der Waals surface area contributed by atoms with E-state index in [4.69, 9.17) is 28.9 Å². The van der Waals surface area contributed by atoms with Crippen molar-refractivity contribution >= 4 is 38.9 Å². The Morgan fingerprint density at radius 1 is 1.38 bits per heavy atom. The average Bonchev–Trinajstić information content (AvgIpc) is 2.72. The molecule has 0 atom stereocenters. The van der Waals surface area contributed by atoms with Gasteiger partial charge < -0.3 is 5.73 Å². The summed E-state index contributed by atoms with van der Waals surface area (Å²) in [7, 11) is -0.618. The van der Waals surface area contributed by atoms with Gasteiger partial charge in [0.05, 0.1) is 16.9 Å². The van der Waals surface area contributed by atoms with E-state index in [1.54, 1.807) is 24.1 Å². The molecule has 0 aliphatic carbocycles. The number of sulfonamides is 1. The van der Waals surface area contributed by atoms with Crippen molar-refractivity contribution in [2.75, 3.05) is 12.8 Å². The van der Waals surface area contributed by atoms with E-state index < -0.39 is 10.0 Å². The van der Waals surface area contributed by atoms with Crippen LogP contribution in [0.15, 0.2) is 29.4 Å². The van der Waals surface area contributed by atoms with Gasteiger partial charge in [-0.3, -0.25) is 4.68 Å². The van der Waals surface area contributed by atoms with Gasteiger partial charge in [-0.2, -0.15) is 9.40 Å². The Hall–Kier alpha value is -1.28. The fourth-order valence-corrected chi connectivity index (χ4v) is 4.00. The summed E-state index contributed by atoms with van der Waals surface area (Å²) in [5, 5.41) is 4.28. The highest BCUT2D eigenvalue weighted by Crippen LogP contribution is 2.33. The Balaban J connectivity index is 2.38. The molecule has 1 aromatic heterocycles. The summed E-state index contributed by atoms with van der Waals surface area (Å²) in [6.07, 6.45) is 3.33. The standard InChI is InChI=1S/C12H14Cl2N4O2S/c1-17-6-8(5-16-17)7-18(2)21(19,20)12-10(14)3-9(13)4-11(12)15/h3-6H,7,15H2,1-2H3. The Labute approximate surface area is 133 Å². The predicted molar refractivity (Wildman–Crippen MR) is 82.7 cm³/mol. The van der Waals surface area contributed by atoms with Crippen molar-refractivity contribution in [2.24, 2.45) is 7.05 Å². The summed E-state index contributed by atoms with van der Waals surface area (Å²) in [5.74, 6) is 0. The molecule has 2 N–H and O–H groups in total. The lowest BCUT2D eigenvalue weighted by atomic mass is 10.3. The quantitative estimate of drug-likeness (QED) is 0.858. The lowest BCUT2D eigenvalue weighted by molar-refractivity contribution is 0.467. The monoisotopic (exact) mass is 348 g/mol. The van der Waals surface area contributed by atoms with Gasteiger partial charge in [0.1, 0.15) is 4.90 Å². The van der Waals surface area contributed by atoms with Gasteiger partial charge >= 0.3 is 0 Å². The Morgan fingerprint density at radius 3 is 2.57 bits per heavy atom. The molecule has 0 bridgehead atoms. The number of nitrogen functional groups attached to an aromatic ring is 1. The van der Waals surface area contributed by atoms with Crippen LogP contribution in [0.25, 0.3) is 0 Å². The van der Waals surface area contributed by atoms with Crippen molar-refractivity contribution in [1.29, 1.82) is 0 Å². The minimum atomic E-state index is -3.83. The minimum Gasteiger partial charge on any atom is -0.398 e. The van der Waals surface area contributed by atoms with Gasteiger partial charge in [-0.1, -0.05) is 23.2 Å². The highest BCUT2D eigenvalue weighted by Gasteiger charge is 2.27. The number of rotatable bonds is 4. The molecule has 0 spiro atoms. The average molecular weight is 349 g/mol. The number of anilines is 1. The van der Waals surface area contributed by atoms with Crippen molar-refractivity contribution in [3.8, 4) is 0 Å². The Morgan fingerprint density at radius 2 is 2.05 bits per heavy atom. The lowest BCUT2D eigenvalue weighted by Crippen LogP contribution is -2.27. The summed E-state index contributed by atoms with van der Waals surface area (Å²) in [4.78, 5) is -0.139. The number of hydrogen-bond donors (Lipinski definition) is 1. The molecule has 114 valence electrons. The second-order valence-corrected chi connectivity index (χ2v) is 7.41. The zero-order valence-electron chi connectivity index (χ0n) is 11.4. The van der Waals surface area contributed by atoms with Gasteiger partial charge in [0.15, 0.2) is 0 Å². The highest BCUT2D eigenvalue weighted by molar-refractivity contribution is 7.89. The second kappa shape index (κ2) is 5.84. The van der Waals surface area contributed by atoms with Crippen LogP contribution in [0.4, 0.5) is 5.69 Å². The third kappa shape index (κ3) is 3.32. The summed E-state index contributed by atoms with van der Waals surface area (Å²) in [5.41, 5.74) is 6.53. The number of aromatic nitrogens is 2. The molecule has 1 heterocycles. The molecule has 21 heavy (non-hydrogen) atoms. The number of halogens is 2. The Bertz CT molecular complexity index is 750. The first-order chi connectivity index (χ1) is 9.71.